The maximum atomic E-state index is 11.6. The first kappa shape index (κ1) is 15.7. The van der Waals surface area contributed by atoms with Gasteiger partial charge in [-0.2, -0.15) is 0 Å². The molecule has 0 saturated heterocycles. The average molecular weight is 244 g/mol. The summed E-state index contributed by atoms with van der Waals surface area (Å²) >= 11 is 0. The predicted octanol–water partition coefficient (Wildman–Crippen LogP) is 3.58. The van der Waals surface area contributed by atoms with Crippen molar-refractivity contribution in [3.63, 3.8) is 0 Å². The molecule has 0 atom stereocenters. The molecule has 0 aliphatic carbocycles. The first-order valence-electron chi connectivity index (χ1n) is 5.63. The highest BCUT2D eigenvalue weighted by Crippen LogP contribution is 1.93. The van der Waals surface area contributed by atoms with Gasteiger partial charge in [0.1, 0.15) is 0 Å². The molecule has 0 radical (unpaired) electrons. The maximum Gasteiger partial charge on any atom is 0.323 e. The van der Waals surface area contributed by atoms with E-state index in [0.717, 1.165) is 5.70 Å². The lowest BCUT2D eigenvalue weighted by molar-refractivity contribution is 0.246. The molecular formula is C15H20N2O. The van der Waals surface area contributed by atoms with Gasteiger partial charge < -0.3 is 10.6 Å². The zero-order valence-electron chi connectivity index (χ0n) is 10.9. The second kappa shape index (κ2) is 9.90. The van der Waals surface area contributed by atoms with E-state index in [1.165, 1.54) is 0 Å². The van der Waals surface area contributed by atoms with Crippen LogP contribution in [0.25, 0.3) is 0 Å². The Kier molecular flexibility index (Phi) is 8.64. The van der Waals surface area contributed by atoms with Gasteiger partial charge in [0.25, 0.3) is 0 Å². The van der Waals surface area contributed by atoms with Crippen LogP contribution >= 0.6 is 0 Å². The molecule has 18 heavy (non-hydrogen) atoms. The molecule has 3 nitrogen and oxygen atoms in total. The lowest BCUT2D eigenvalue weighted by atomic mass is 10.3. The maximum absolute atomic E-state index is 11.6. The molecular weight excluding hydrogens is 224 g/mol. The van der Waals surface area contributed by atoms with E-state index in [1.807, 2.05) is 19.1 Å². The number of urea groups is 1. The van der Waals surface area contributed by atoms with Crippen molar-refractivity contribution in [2.24, 2.45) is 0 Å². The van der Waals surface area contributed by atoms with E-state index in [1.54, 1.807) is 43.4 Å². The Bertz CT molecular complexity index is 412. The summed E-state index contributed by atoms with van der Waals surface area (Å²) in [7, 11) is 0. The number of carbonyl (C=O) groups is 1. The van der Waals surface area contributed by atoms with Crippen LogP contribution in [-0.2, 0) is 0 Å². The second-order valence-electron chi connectivity index (χ2n) is 3.40. The Hall–Kier alpha value is -2.29. The number of allylic oxidation sites excluding steroid dienone is 9. The summed E-state index contributed by atoms with van der Waals surface area (Å²) < 4.78 is 0. The summed E-state index contributed by atoms with van der Waals surface area (Å²) in [5.41, 5.74) is 1.38. The smallest absolute Gasteiger partial charge is 0.312 e. The van der Waals surface area contributed by atoms with Crippen LogP contribution in [0.2, 0.25) is 0 Å². The van der Waals surface area contributed by atoms with Crippen molar-refractivity contribution in [3.8, 4) is 0 Å². The fourth-order valence-electron chi connectivity index (χ4n) is 1.02. The highest BCUT2D eigenvalue weighted by atomic mass is 16.2. The number of rotatable bonds is 6. The highest BCUT2D eigenvalue weighted by Gasteiger charge is 2.00. The Balaban J connectivity index is 4.41. The molecule has 0 aliphatic heterocycles. The first-order chi connectivity index (χ1) is 8.63. The number of amides is 2. The van der Waals surface area contributed by atoms with E-state index in [9.17, 15) is 4.79 Å². The Morgan fingerprint density at radius 1 is 1.06 bits per heavy atom. The van der Waals surface area contributed by atoms with E-state index in [0.29, 0.717) is 5.70 Å². The van der Waals surface area contributed by atoms with E-state index >= 15 is 0 Å². The van der Waals surface area contributed by atoms with Gasteiger partial charge in [0.05, 0.1) is 0 Å². The minimum atomic E-state index is -0.300. The summed E-state index contributed by atoms with van der Waals surface area (Å²) in [5, 5.41) is 5.37. The van der Waals surface area contributed by atoms with Crippen LogP contribution in [0.15, 0.2) is 73.2 Å². The molecule has 0 aromatic heterocycles. The fourth-order valence-corrected chi connectivity index (χ4v) is 1.02. The minimum absolute atomic E-state index is 0.300. The lowest BCUT2D eigenvalue weighted by Crippen LogP contribution is -2.33. The fraction of sp³-hybridized carbons (Fsp3) is 0.133. The molecule has 0 fully saturated rings. The number of hydrogen-bond donors (Lipinski definition) is 2. The van der Waals surface area contributed by atoms with Crippen molar-refractivity contribution in [2.75, 3.05) is 0 Å². The molecule has 0 rings (SSSR count). The van der Waals surface area contributed by atoms with E-state index < -0.39 is 0 Å². The number of hydrogen-bond acceptors (Lipinski definition) is 1. The van der Waals surface area contributed by atoms with Gasteiger partial charge in [0.2, 0.25) is 0 Å². The SMILES string of the molecule is C=C/C=C\C=C(/C)NC(=O)N/C(C=C)=C/C=C\C. The van der Waals surface area contributed by atoms with Gasteiger partial charge in [0, 0.05) is 11.4 Å². The van der Waals surface area contributed by atoms with Gasteiger partial charge in [-0.1, -0.05) is 43.5 Å². The zero-order valence-corrected chi connectivity index (χ0v) is 10.9. The molecule has 0 spiro atoms. The van der Waals surface area contributed by atoms with Crippen LogP contribution in [0.1, 0.15) is 13.8 Å². The molecule has 0 unspecified atom stereocenters. The van der Waals surface area contributed by atoms with Crippen LogP contribution in [0, 0.1) is 0 Å². The summed E-state index contributed by atoms with van der Waals surface area (Å²) in [4.78, 5) is 11.6. The second-order valence-corrected chi connectivity index (χ2v) is 3.40. The standard InChI is InChI=1S/C15H20N2O/c1-5-8-10-11-13(4)16-15(18)17-14(7-3)12-9-6-2/h5-12H,1,3H2,2,4H3,(H2,16,17,18)/b9-6-,10-8-,13-11+,14-12+. The first-order valence-corrected chi connectivity index (χ1v) is 5.63. The normalized spacial score (nSPS) is 12.8. The van der Waals surface area contributed by atoms with Gasteiger partial charge >= 0.3 is 6.03 Å². The molecule has 96 valence electrons. The van der Waals surface area contributed by atoms with Gasteiger partial charge in [0.15, 0.2) is 0 Å². The van der Waals surface area contributed by atoms with Crippen LogP contribution in [0.3, 0.4) is 0 Å². The Labute approximate surface area is 109 Å². The third kappa shape index (κ3) is 7.93. The molecule has 2 N–H and O–H groups in total. The quantitative estimate of drug-likeness (QED) is 0.689. The molecule has 0 heterocycles. The molecule has 0 aromatic carbocycles. The molecule has 3 heteroatoms. The molecule has 0 aromatic rings. The van der Waals surface area contributed by atoms with Crippen LogP contribution in [0.5, 0.6) is 0 Å². The summed E-state index contributed by atoms with van der Waals surface area (Å²) in [6.45, 7) is 10.9. The highest BCUT2D eigenvalue weighted by molar-refractivity contribution is 5.78. The van der Waals surface area contributed by atoms with Crippen molar-refractivity contribution in [1.82, 2.24) is 10.6 Å². The number of nitrogens with one attached hydrogen (secondary N) is 2. The Morgan fingerprint density at radius 2 is 1.78 bits per heavy atom. The van der Waals surface area contributed by atoms with Gasteiger partial charge in [-0.05, 0) is 32.1 Å². The molecule has 0 aliphatic rings. The van der Waals surface area contributed by atoms with Crippen molar-refractivity contribution in [1.29, 1.82) is 0 Å². The van der Waals surface area contributed by atoms with E-state index in [-0.39, 0.29) is 6.03 Å². The summed E-state index contributed by atoms with van der Waals surface area (Å²) in [5.74, 6) is 0. The number of carbonyl (C=O) groups excluding carboxylic acids is 1. The van der Waals surface area contributed by atoms with Crippen molar-refractivity contribution < 1.29 is 4.79 Å². The van der Waals surface area contributed by atoms with Gasteiger partial charge in [-0.25, -0.2) is 4.79 Å². The molecule has 0 bridgehead atoms. The molecule has 2 amide bonds. The van der Waals surface area contributed by atoms with Crippen molar-refractivity contribution >= 4 is 6.03 Å². The third-order valence-corrected chi connectivity index (χ3v) is 1.85. The summed E-state index contributed by atoms with van der Waals surface area (Å²) in [6.07, 6.45) is 14.1. The molecule has 0 saturated carbocycles. The van der Waals surface area contributed by atoms with Crippen LogP contribution in [-0.4, -0.2) is 6.03 Å². The van der Waals surface area contributed by atoms with E-state index in [4.69, 9.17) is 0 Å². The van der Waals surface area contributed by atoms with Crippen LogP contribution in [0.4, 0.5) is 4.79 Å². The monoisotopic (exact) mass is 244 g/mol. The lowest BCUT2D eigenvalue weighted by Gasteiger charge is -2.07. The van der Waals surface area contributed by atoms with Crippen molar-refractivity contribution in [2.45, 2.75) is 13.8 Å². The summed E-state index contributed by atoms with van der Waals surface area (Å²) in [6, 6.07) is -0.300. The van der Waals surface area contributed by atoms with Crippen LogP contribution < -0.4 is 10.6 Å². The third-order valence-electron chi connectivity index (χ3n) is 1.85. The average Bonchev–Trinajstić information content (AvgIpc) is 2.34. The minimum Gasteiger partial charge on any atom is -0.312 e. The predicted molar refractivity (Wildman–Crippen MR) is 77.9 cm³/mol. The largest absolute Gasteiger partial charge is 0.323 e. The van der Waals surface area contributed by atoms with Gasteiger partial charge in [-0.15, -0.1) is 0 Å². The topological polar surface area (TPSA) is 41.1 Å². The van der Waals surface area contributed by atoms with Gasteiger partial charge in [-0.3, -0.25) is 0 Å². The van der Waals surface area contributed by atoms with Crippen molar-refractivity contribution in [3.05, 3.63) is 73.2 Å². The Morgan fingerprint density at radius 3 is 2.33 bits per heavy atom. The zero-order chi connectivity index (χ0) is 13.8. The van der Waals surface area contributed by atoms with E-state index in [2.05, 4.69) is 23.8 Å².